The van der Waals surface area contributed by atoms with E-state index >= 15 is 0 Å². The lowest BCUT2D eigenvalue weighted by molar-refractivity contribution is -0.117. The van der Waals surface area contributed by atoms with Crippen molar-refractivity contribution in [2.75, 3.05) is 5.32 Å². The summed E-state index contributed by atoms with van der Waals surface area (Å²) in [7, 11) is -3.79. The molecule has 1 atom stereocenters. The summed E-state index contributed by atoms with van der Waals surface area (Å²) in [5, 5.41) is 11.3. The van der Waals surface area contributed by atoms with E-state index in [1.807, 2.05) is 19.1 Å². The number of aromatic nitrogens is 3. The number of amides is 1. The van der Waals surface area contributed by atoms with Crippen LogP contribution in [0.3, 0.4) is 0 Å². The lowest BCUT2D eigenvalue weighted by atomic mass is 10.1. The highest BCUT2D eigenvalue weighted by Gasteiger charge is 2.22. The van der Waals surface area contributed by atoms with Gasteiger partial charge < -0.3 is 9.88 Å². The fraction of sp³-hybridized carbons (Fsp3) is 0.318. The van der Waals surface area contributed by atoms with Crippen LogP contribution in [0.15, 0.2) is 53.4 Å². The molecular weight excluding hydrogens is 414 g/mol. The van der Waals surface area contributed by atoms with Gasteiger partial charge in [0, 0.05) is 24.2 Å². The minimum Gasteiger partial charge on any atom is -0.325 e. The van der Waals surface area contributed by atoms with Crippen molar-refractivity contribution in [3.05, 3.63) is 59.9 Å². The van der Waals surface area contributed by atoms with Crippen LogP contribution in [0.1, 0.15) is 31.2 Å². The van der Waals surface area contributed by atoms with Gasteiger partial charge in [-0.15, -0.1) is 10.2 Å². The smallest absolute Gasteiger partial charge is 0.242 e. The second-order valence-corrected chi connectivity index (χ2v) is 9.49. The van der Waals surface area contributed by atoms with Gasteiger partial charge in [0.2, 0.25) is 15.9 Å². The molecule has 1 aliphatic rings. The molecule has 162 valence electrons. The number of nitrogens with zero attached hydrogens (tertiary/aromatic N) is 3. The number of anilines is 1. The minimum atomic E-state index is -3.79. The number of carbonyl (C=O) groups is 1. The molecule has 31 heavy (non-hydrogen) atoms. The van der Waals surface area contributed by atoms with E-state index in [1.165, 1.54) is 19.1 Å². The first-order chi connectivity index (χ1) is 14.8. The third-order valence-electron chi connectivity index (χ3n) is 5.33. The Bertz CT molecular complexity index is 1180. The number of benzene rings is 2. The Balaban J connectivity index is 1.41. The average Bonchev–Trinajstić information content (AvgIpc) is 3.18. The maximum atomic E-state index is 12.5. The van der Waals surface area contributed by atoms with Gasteiger partial charge in [0.15, 0.2) is 5.82 Å². The Morgan fingerprint density at radius 1 is 1.03 bits per heavy atom. The van der Waals surface area contributed by atoms with Gasteiger partial charge in [-0.1, -0.05) is 17.7 Å². The van der Waals surface area contributed by atoms with Crippen LogP contribution >= 0.6 is 0 Å². The van der Waals surface area contributed by atoms with E-state index in [9.17, 15) is 13.2 Å². The number of carbonyl (C=O) groups excluding carboxylic acids is 1. The third kappa shape index (κ3) is 4.67. The minimum absolute atomic E-state index is 0.124. The Hall–Kier alpha value is -3.04. The van der Waals surface area contributed by atoms with Gasteiger partial charge in [0.05, 0.1) is 10.9 Å². The fourth-order valence-corrected chi connectivity index (χ4v) is 4.75. The number of nitrogens with one attached hydrogen (secondary N) is 2. The molecule has 0 unspecified atom stereocenters. The Kier molecular flexibility index (Phi) is 5.88. The zero-order chi connectivity index (χ0) is 22.0. The van der Waals surface area contributed by atoms with Crippen LogP contribution in [0.5, 0.6) is 0 Å². The summed E-state index contributed by atoms with van der Waals surface area (Å²) in [4.78, 5) is 12.6. The van der Waals surface area contributed by atoms with Crippen LogP contribution in [-0.2, 0) is 27.8 Å². The Morgan fingerprint density at radius 2 is 1.74 bits per heavy atom. The Morgan fingerprint density at radius 3 is 2.45 bits per heavy atom. The molecule has 0 aliphatic carbocycles. The summed E-state index contributed by atoms with van der Waals surface area (Å²) in [6.07, 6.45) is 3.19. The SMILES string of the molecule is Cc1ccc(S(=O)(=O)N[C@@H](C)C(=O)Nc2ccc(-c3nnc4n3CCCC4)cc2)cc1. The van der Waals surface area contributed by atoms with E-state index < -0.39 is 22.0 Å². The number of sulfonamides is 1. The molecule has 4 rings (SSSR count). The normalized spacial score (nSPS) is 14.6. The van der Waals surface area contributed by atoms with Crippen molar-refractivity contribution in [2.24, 2.45) is 0 Å². The second kappa shape index (κ2) is 8.60. The van der Waals surface area contributed by atoms with Crippen LogP contribution in [0, 0.1) is 6.92 Å². The lowest BCUT2D eigenvalue weighted by Crippen LogP contribution is -2.41. The first-order valence-electron chi connectivity index (χ1n) is 10.3. The maximum Gasteiger partial charge on any atom is 0.242 e. The number of hydrogen-bond donors (Lipinski definition) is 2. The molecule has 2 aromatic carbocycles. The molecule has 3 aromatic rings. The summed E-state index contributed by atoms with van der Waals surface area (Å²) in [6.45, 7) is 4.30. The summed E-state index contributed by atoms with van der Waals surface area (Å²) in [5.41, 5.74) is 2.46. The molecule has 2 N–H and O–H groups in total. The number of fused-ring (bicyclic) bond motifs is 1. The maximum absolute atomic E-state index is 12.5. The molecule has 0 fully saturated rings. The van der Waals surface area contributed by atoms with Crippen molar-refractivity contribution in [1.82, 2.24) is 19.5 Å². The molecule has 1 aromatic heterocycles. The zero-order valence-electron chi connectivity index (χ0n) is 17.5. The quantitative estimate of drug-likeness (QED) is 0.614. The first-order valence-corrected chi connectivity index (χ1v) is 11.7. The predicted octanol–water partition coefficient (Wildman–Crippen LogP) is 2.90. The third-order valence-corrected chi connectivity index (χ3v) is 6.88. The van der Waals surface area contributed by atoms with Crippen LogP contribution in [0.4, 0.5) is 5.69 Å². The van der Waals surface area contributed by atoms with E-state index in [2.05, 4.69) is 24.8 Å². The highest BCUT2D eigenvalue weighted by Crippen LogP contribution is 2.24. The Labute approximate surface area is 181 Å². The van der Waals surface area contributed by atoms with Gasteiger partial charge >= 0.3 is 0 Å². The molecule has 8 nitrogen and oxygen atoms in total. The zero-order valence-corrected chi connectivity index (χ0v) is 18.3. The summed E-state index contributed by atoms with van der Waals surface area (Å²) in [6, 6.07) is 12.8. The standard InChI is InChI=1S/C22H25N5O3S/c1-15-6-12-19(13-7-15)31(29,30)26-16(2)22(28)23-18-10-8-17(9-11-18)21-25-24-20-5-3-4-14-27(20)21/h6-13,16,26H,3-5,14H2,1-2H3,(H,23,28)/t16-/m0/s1. The van der Waals surface area contributed by atoms with Gasteiger partial charge in [-0.2, -0.15) is 4.72 Å². The molecule has 0 saturated carbocycles. The van der Waals surface area contributed by atoms with Crippen LogP contribution in [0.25, 0.3) is 11.4 Å². The van der Waals surface area contributed by atoms with Crippen LogP contribution in [0.2, 0.25) is 0 Å². The average molecular weight is 440 g/mol. The summed E-state index contributed by atoms with van der Waals surface area (Å²) < 4.78 is 29.6. The van der Waals surface area contributed by atoms with Crippen molar-refractivity contribution < 1.29 is 13.2 Å². The van der Waals surface area contributed by atoms with Gasteiger partial charge in [0.25, 0.3) is 0 Å². The van der Waals surface area contributed by atoms with E-state index in [1.54, 1.807) is 24.3 Å². The van der Waals surface area contributed by atoms with Crippen LogP contribution < -0.4 is 10.0 Å². The molecular formula is C22H25N5O3S. The van der Waals surface area contributed by atoms with Gasteiger partial charge in [-0.05, 0) is 63.1 Å². The van der Waals surface area contributed by atoms with E-state index in [0.717, 1.165) is 48.6 Å². The summed E-state index contributed by atoms with van der Waals surface area (Å²) >= 11 is 0. The molecule has 9 heteroatoms. The van der Waals surface area contributed by atoms with E-state index in [4.69, 9.17) is 0 Å². The number of hydrogen-bond acceptors (Lipinski definition) is 5. The van der Waals surface area contributed by atoms with Crippen molar-refractivity contribution in [2.45, 2.75) is 50.6 Å². The lowest BCUT2D eigenvalue weighted by Gasteiger charge is -2.16. The molecule has 0 radical (unpaired) electrons. The van der Waals surface area contributed by atoms with Crippen molar-refractivity contribution in [3.8, 4) is 11.4 Å². The van der Waals surface area contributed by atoms with Gasteiger partial charge in [-0.3, -0.25) is 4.79 Å². The second-order valence-electron chi connectivity index (χ2n) is 7.77. The van der Waals surface area contributed by atoms with Crippen molar-refractivity contribution >= 4 is 21.6 Å². The molecule has 0 spiro atoms. The van der Waals surface area contributed by atoms with E-state index in [0.29, 0.717) is 5.69 Å². The molecule has 0 saturated heterocycles. The van der Waals surface area contributed by atoms with Crippen molar-refractivity contribution in [1.29, 1.82) is 0 Å². The predicted molar refractivity (Wildman–Crippen MR) is 118 cm³/mol. The number of aryl methyl sites for hydroxylation is 2. The van der Waals surface area contributed by atoms with Crippen LogP contribution in [-0.4, -0.2) is 35.1 Å². The van der Waals surface area contributed by atoms with E-state index in [-0.39, 0.29) is 4.90 Å². The topological polar surface area (TPSA) is 106 Å². The highest BCUT2D eigenvalue weighted by molar-refractivity contribution is 7.89. The van der Waals surface area contributed by atoms with Crippen molar-refractivity contribution in [3.63, 3.8) is 0 Å². The molecule has 0 bridgehead atoms. The monoisotopic (exact) mass is 439 g/mol. The largest absolute Gasteiger partial charge is 0.325 e. The number of rotatable bonds is 6. The molecule has 1 amide bonds. The first kappa shape index (κ1) is 21.2. The molecule has 1 aliphatic heterocycles. The molecule has 2 heterocycles. The van der Waals surface area contributed by atoms with Gasteiger partial charge in [0.1, 0.15) is 5.82 Å². The highest BCUT2D eigenvalue weighted by atomic mass is 32.2. The fourth-order valence-electron chi connectivity index (χ4n) is 3.55. The summed E-state index contributed by atoms with van der Waals surface area (Å²) in [5.74, 6) is 1.39. The van der Waals surface area contributed by atoms with Gasteiger partial charge in [-0.25, -0.2) is 8.42 Å².